The fourth-order valence-corrected chi connectivity index (χ4v) is 6.79. The molecule has 1 aliphatic heterocycles. The normalized spacial score (nSPS) is 16.4. The van der Waals surface area contributed by atoms with Crippen molar-refractivity contribution in [2.24, 2.45) is 11.8 Å². The van der Waals surface area contributed by atoms with Gasteiger partial charge in [0, 0.05) is 18.9 Å². The number of carbonyl (C=O) groups excluding carboxylic acids is 4. The first-order valence-corrected chi connectivity index (χ1v) is 20.1. The van der Waals surface area contributed by atoms with Crippen LogP contribution in [0.5, 0.6) is 0 Å². The van der Waals surface area contributed by atoms with E-state index in [0.717, 1.165) is 11.1 Å². The van der Waals surface area contributed by atoms with Gasteiger partial charge in [0.1, 0.15) is 11.6 Å². The minimum Gasteiger partial charge on any atom is -0.444 e. The Morgan fingerprint density at radius 3 is 1.83 bits per heavy atom. The van der Waals surface area contributed by atoms with Crippen molar-refractivity contribution < 1.29 is 28.3 Å². The monoisotopic (exact) mass is 679 g/mol. The van der Waals surface area contributed by atoms with Gasteiger partial charge < -0.3 is 19.8 Å². The number of imide groups is 1. The lowest BCUT2D eigenvalue weighted by atomic mass is 9.88. The van der Waals surface area contributed by atoms with Crippen LogP contribution in [-0.2, 0) is 36.4 Å². The second-order valence-electron chi connectivity index (χ2n) is 15.8. The summed E-state index contributed by atoms with van der Waals surface area (Å²) < 4.78 is 12.8. The zero-order valence-electron chi connectivity index (χ0n) is 30.6. The predicted octanol–water partition coefficient (Wildman–Crippen LogP) is 6.66. The highest BCUT2D eigenvalue weighted by molar-refractivity contribution is 6.74. The van der Waals surface area contributed by atoms with Gasteiger partial charge in [-0.2, -0.15) is 0 Å². The standard InChI is InChI=1S/C38H57N3O6Si/c1-26(2)33(35(44)41-22-21-32(41)42)40-34(43)29(23-27-17-13-11-14-18-27)25-31(47-48(9,10)38(6,7)8)30(24-28-19-15-12-16-20-28)39-36(45)46-37(3,4)5/h11-20,26,29-31,33H,21-25H2,1-10H3,(H,39,45)(H,40,43). The molecule has 4 amide bonds. The molecule has 10 heteroatoms. The van der Waals surface area contributed by atoms with Crippen LogP contribution >= 0.6 is 0 Å². The summed E-state index contributed by atoms with van der Waals surface area (Å²) in [6.07, 6.45) is 0.354. The maximum absolute atomic E-state index is 14.3. The highest BCUT2D eigenvalue weighted by Crippen LogP contribution is 2.39. The van der Waals surface area contributed by atoms with Gasteiger partial charge >= 0.3 is 6.09 Å². The maximum atomic E-state index is 14.3. The second-order valence-corrected chi connectivity index (χ2v) is 20.6. The molecule has 264 valence electrons. The van der Waals surface area contributed by atoms with Crippen LogP contribution in [0.1, 0.15) is 79.4 Å². The van der Waals surface area contributed by atoms with Crippen LogP contribution in [0.3, 0.4) is 0 Å². The van der Waals surface area contributed by atoms with E-state index in [0.29, 0.717) is 25.8 Å². The summed E-state index contributed by atoms with van der Waals surface area (Å²) in [5.41, 5.74) is 1.27. The third kappa shape index (κ3) is 11.3. The number of amides is 4. The molecule has 2 N–H and O–H groups in total. The molecule has 0 saturated carbocycles. The molecule has 4 atom stereocenters. The van der Waals surface area contributed by atoms with Gasteiger partial charge in [0.2, 0.25) is 11.8 Å². The van der Waals surface area contributed by atoms with Gasteiger partial charge in [-0.05, 0) is 75.2 Å². The van der Waals surface area contributed by atoms with Crippen molar-refractivity contribution in [1.29, 1.82) is 0 Å². The van der Waals surface area contributed by atoms with E-state index in [9.17, 15) is 19.2 Å². The number of likely N-dealkylation sites (tertiary alicyclic amines) is 1. The van der Waals surface area contributed by atoms with Crippen molar-refractivity contribution in [3.63, 3.8) is 0 Å². The number of hydrogen-bond donors (Lipinski definition) is 2. The maximum Gasteiger partial charge on any atom is 0.407 e. The highest BCUT2D eigenvalue weighted by atomic mass is 28.4. The van der Waals surface area contributed by atoms with E-state index in [4.69, 9.17) is 9.16 Å². The van der Waals surface area contributed by atoms with E-state index in [1.807, 2.05) is 95.3 Å². The highest BCUT2D eigenvalue weighted by Gasteiger charge is 2.43. The molecular weight excluding hydrogens is 623 g/mol. The molecule has 0 aromatic heterocycles. The summed E-state index contributed by atoms with van der Waals surface area (Å²) in [5.74, 6) is -1.73. The number of nitrogens with one attached hydrogen (secondary N) is 2. The molecule has 2 aromatic rings. The average molecular weight is 680 g/mol. The van der Waals surface area contributed by atoms with Crippen molar-refractivity contribution in [3.8, 4) is 0 Å². The summed E-state index contributed by atoms with van der Waals surface area (Å²) in [4.78, 5) is 54.4. The minimum absolute atomic E-state index is 0.148. The van der Waals surface area contributed by atoms with E-state index in [-0.39, 0.29) is 35.1 Å². The number of benzene rings is 2. The fourth-order valence-electron chi connectivity index (χ4n) is 5.41. The van der Waals surface area contributed by atoms with E-state index in [2.05, 4.69) is 44.5 Å². The number of carbonyl (C=O) groups is 4. The first-order valence-electron chi connectivity index (χ1n) is 17.2. The van der Waals surface area contributed by atoms with Gasteiger partial charge in [0.05, 0.1) is 12.1 Å². The van der Waals surface area contributed by atoms with Gasteiger partial charge in [0.25, 0.3) is 5.91 Å². The number of hydrogen-bond acceptors (Lipinski definition) is 6. The van der Waals surface area contributed by atoms with E-state index >= 15 is 0 Å². The van der Waals surface area contributed by atoms with Crippen LogP contribution in [0.25, 0.3) is 0 Å². The molecule has 2 aromatic carbocycles. The van der Waals surface area contributed by atoms with E-state index in [1.54, 1.807) is 0 Å². The molecule has 1 aliphatic rings. The molecule has 0 bridgehead atoms. The molecule has 9 nitrogen and oxygen atoms in total. The fraction of sp³-hybridized carbons (Fsp3) is 0.579. The molecule has 1 fully saturated rings. The predicted molar refractivity (Wildman–Crippen MR) is 192 cm³/mol. The van der Waals surface area contributed by atoms with Crippen LogP contribution < -0.4 is 10.6 Å². The number of nitrogens with zero attached hydrogens (tertiary/aromatic N) is 1. The largest absolute Gasteiger partial charge is 0.444 e. The average Bonchev–Trinajstić information content (AvgIpc) is 2.97. The summed E-state index contributed by atoms with van der Waals surface area (Å²) >= 11 is 0. The zero-order chi connectivity index (χ0) is 35.9. The van der Waals surface area contributed by atoms with E-state index in [1.165, 1.54) is 4.90 Å². The molecule has 4 unspecified atom stereocenters. The lowest BCUT2D eigenvalue weighted by molar-refractivity contribution is -0.155. The van der Waals surface area contributed by atoms with Crippen molar-refractivity contribution in [2.75, 3.05) is 6.54 Å². The Labute approximate surface area is 288 Å². The number of alkyl carbamates (subject to hydrolysis) is 1. The third-order valence-electron chi connectivity index (χ3n) is 9.26. The van der Waals surface area contributed by atoms with Crippen molar-refractivity contribution in [1.82, 2.24) is 15.5 Å². The van der Waals surface area contributed by atoms with Gasteiger partial charge in [0.15, 0.2) is 8.32 Å². The summed E-state index contributed by atoms with van der Waals surface area (Å²) in [6.45, 7) is 20.4. The molecule has 48 heavy (non-hydrogen) atoms. The molecule has 1 saturated heterocycles. The van der Waals surface area contributed by atoms with Gasteiger partial charge in [-0.1, -0.05) is 95.3 Å². The summed E-state index contributed by atoms with van der Waals surface area (Å²) in [6, 6.07) is 18.3. The Bertz CT molecular complexity index is 1380. The van der Waals surface area contributed by atoms with Crippen molar-refractivity contribution >= 4 is 32.1 Å². The number of β-lactam (4-membered cyclic amide) rings is 1. The molecule has 1 heterocycles. The number of ether oxygens (including phenoxy) is 1. The van der Waals surface area contributed by atoms with Crippen LogP contribution in [0.2, 0.25) is 18.1 Å². The lowest BCUT2D eigenvalue weighted by Gasteiger charge is -2.42. The SMILES string of the molecule is CC(C)C(NC(=O)C(Cc1ccccc1)CC(O[Si](C)(C)C(C)(C)C)C(Cc1ccccc1)NC(=O)OC(C)(C)C)C(=O)N1CCC1=O. The van der Waals surface area contributed by atoms with E-state index < -0.39 is 44.1 Å². The molecule has 0 aliphatic carbocycles. The minimum atomic E-state index is -2.45. The van der Waals surface area contributed by atoms with Gasteiger partial charge in [-0.3, -0.25) is 19.3 Å². The third-order valence-corrected chi connectivity index (χ3v) is 13.8. The van der Waals surface area contributed by atoms with Gasteiger partial charge in [-0.25, -0.2) is 4.79 Å². The van der Waals surface area contributed by atoms with Crippen LogP contribution in [0.4, 0.5) is 4.79 Å². The van der Waals surface area contributed by atoms with Crippen LogP contribution in [0.15, 0.2) is 60.7 Å². The Morgan fingerprint density at radius 2 is 1.40 bits per heavy atom. The Hall–Kier alpha value is -3.50. The van der Waals surface area contributed by atoms with Crippen molar-refractivity contribution in [3.05, 3.63) is 71.8 Å². The molecule has 0 spiro atoms. The first-order chi connectivity index (χ1) is 22.3. The zero-order valence-corrected chi connectivity index (χ0v) is 31.6. The van der Waals surface area contributed by atoms with Crippen LogP contribution in [-0.4, -0.2) is 67.4 Å². The molecular formula is C38H57N3O6Si. The van der Waals surface area contributed by atoms with Crippen LogP contribution in [0, 0.1) is 11.8 Å². The first kappa shape index (κ1) is 38.9. The van der Waals surface area contributed by atoms with Crippen molar-refractivity contribution in [2.45, 2.75) is 123 Å². The molecule has 0 radical (unpaired) electrons. The lowest BCUT2D eigenvalue weighted by Crippen LogP contribution is -2.58. The smallest absolute Gasteiger partial charge is 0.407 e. The Balaban J connectivity index is 2.06. The summed E-state index contributed by atoms with van der Waals surface area (Å²) in [5, 5.41) is 6.00. The molecule has 3 rings (SSSR count). The summed E-state index contributed by atoms with van der Waals surface area (Å²) in [7, 11) is -2.45. The quantitative estimate of drug-likeness (QED) is 0.171. The second kappa shape index (κ2) is 16.3. The van der Waals surface area contributed by atoms with Gasteiger partial charge in [-0.15, -0.1) is 0 Å². The topological polar surface area (TPSA) is 114 Å². The Kier molecular flexibility index (Phi) is 13.2. The Morgan fingerprint density at radius 1 is 0.854 bits per heavy atom. The number of rotatable bonds is 14.